The molecule has 1 saturated heterocycles. The van der Waals surface area contributed by atoms with Crippen LogP contribution in [-0.4, -0.2) is 19.3 Å². The van der Waals surface area contributed by atoms with E-state index in [1.165, 1.54) is 12.0 Å². The molecule has 0 spiro atoms. The van der Waals surface area contributed by atoms with Crippen molar-refractivity contribution in [1.82, 2.24) is 0 Å². The van der Waals surface area contributed by atoms with Crippen molar-refractivity contribution < 1.29 is 9.47 Å². The summed E-state index contributed by atoms with van der Waals surface area (Å²) in [5.41, 5.74) is 1.21. The van der Waals surface area contributed by atoms with Crippen molar-refractivity contribution in [2.45, 2.75) is 30.7 Å². The van der Waals surface area contributed by atoms with Crippen molar-refractivity contribution in [3.05, 3.63) is 26.6 Å². The Labute approximate surface area is 133 Å². The predicted molar refractivity (Wildman–Crippen MR) is 83.6 cm³/mol. The van der Waals surface area contributed by atoms with Gasteiger partial charge in [-0.25, -0.2) is 0 Å². The van der Waals surface area contributed by atoms with Crippen LogP contribution in [0.2, 0.25) is 0 Å². The fraction of sp³-hybridized carbons (Fsp3) is 0.538. The molecular weight excluding hydrogens is 428 g/mol. The number of benzene rings is 1. The molecule has 1 aromatic rings. The summed E-state index contributed by atoms with van der Waals surface area (Å²) in [6.07, 6.45) is 3.68. The number of rotatable bonds is 5. The molecule has 18 heavy (non-hydrogen) atoms. The predicted octanol–water partition coefficient (Wildman–Crippen LogP) is 5.05. The van der Waals surface area contributed by atoms with Crippen LogP contribution in [0.3, 0.4) is 0 Å². The van der Waals surface area contributed by atoms with Gasteiger partial charge >= 0.3 is 0 Å². The maximum Gasteiger partial charge on any atom is 0.147 e. The average Bonchev–Trinajstić information content (AvgIpc) is 2.85. The SMILES string of the molecule is BrCc1cc(Br)c(OCCC2CCCO2)c(Br)c1. The Morgan fingerprint density at radius 3 is 2.56 bits per heavy atom. The normalized spacial score (nSPS) is 19.2. The number of hydrogen-bond acceptors (Lipinski definition) is 2. The molecule has 0 amide bonds. The van der Waals surface area contributed by atoms with Crippen LogP contribution >= 0.6 is 47.8 Å². The first-order valence-corrected chi connectivity index (χ1v) is 8.69. The molecule has 100 valence electrons. The Morgan fingerprint density at radius 1 is 1.28 bits per heavy atom. The quantitative estimate of drug-likeness (QED) is 0.594. The van der Waals surface area contributed by atoms with Crippen LogP contribution in [0.4, 0.5) is 0 Å². The van der Waals surface area contributed by atoms with E-state index < -0.39 is 0 Å². The Bertz CT molecular complexity index is 380. The number of ether oxygens (including phenoxy) is 2. The van der Waals surface area contributed by atoms with E-state index in [9.17, 15) is 0 Å². The largest absolute Gasteiger partial charge is 0.491 e. The summed E-state index contributed by atoms with van der Waals surface area (Å²) >= 11 is 10.5. The Hall–Kier alpha value is 0.420. The highest BCUT2D eigenvalue weighted by atomic mass is 79.9. The third-order valence-electron chi connectivity index (χ3n) is 2.92. The second kappa shape index (κ2) is 7.27. The summed E-state index contributed by atoms with van der Waals surface area (Å²) < 4.78 is 13.4. The van der Waals surface area contributed by atoms with Crippen molar-refractivity contribution in [3.8, 4) is 5.75 Å². The third-order valence-corrected chi connectivity index (χ3v) is 4.75. The molecule has 0 N–H and O–H groups in total. The van der Waals surface area contributed by atoms with E-state index in [2.05, 4.69) is 59.9 Å². The van der Waals surface area contributed by atoms with Crippen molar-refractivity contribution in [2.24, 2.45) is 0 Å². The van der Waals surface area contributed by atoms with Crippen molar-refractivity contribution in [1.29, 1.82) is 0 Å². The van der Waals surface area contributed by atoms with Gasteiger partial charge in [-0.3, -0.25) is 0 Å². The Balaban J connectivity index is 1.92. The van der Waals surface area contributed by atoms with Crippen LogP contribution in [0, 0.1) is 0 Å². The standard InChI is InChI=1S/C13H15Br3O2/c14-8-9-6-11(15)13(12(16)7-9)18-5-3-10-2-1-4-17-10/h6-7,10H,1-5,8H2. The summed E-state index contributed by atoms with van der Waals surface area (Å²) in [4.78, 5) is 0. The minimum absolute atomic E-state index is 0.379. The lowest BCUT2D eigenvalue weighted by atomic mass is 10.2. The molecule has 1 heterocycles. The van der Waals surface area contributed by atoms with Crippen LogP contribution in [0.1, 0.15) is 24.8 Å². The summed E-state index contributed by atoms with van der Waals surface area (Å²) in [7, 11) is 0. The topological polar surface area (TPSA) is 18.5 Å². The lowest BCUT2D eigenvalue weighted by Gasteiger charge is -2.13. The molecule has 1 aliphatic rings. The number of hydrogen-bond donors (Lipinski definition) is 0. The Morgan fingerprint density at radius 2 is 2.00 bits per heavy atom. The minimum atomic E-state index is 0.379. The Kier molecular flexibility index (Phi) is 5.98. The van der Waals surface area contributed by atoms with Gasteiger partial charge < -0.3 is 9.47 Å². The minimum Gasteiger partial charge on any atom is -0.491 e. The molecule has 5 heteroatoms. The molecule has 1 atom stereocenters. The van der Waals surface area contributed by atoms with Crippen molar-refractivity contribution in [3.63, 3.8) is 0 Å². The van der Waals surface area contributed by atoms with Gasteiger partial charge in [0.15, 0.2) is 0 Å². The second-order valence-corrected chi connectivity index (χ2v) is 6.56. The van der Waals surface area contributed by atoms with Gasteiger partial charge in [-0.2, -0.15) is 0 Å². The maximum absolute atomic E-state index is 5.84. The average molecular weight is 443 g/mol. The molecule has 0 aliphatic carbocycles. The summed E-state index contributed by atoms with van der Waals surface area (Å²) in [5.74, 6) is 0.873. The molecule has 0 bridgehead atoms. The summed E-state index contributed by atoms with van der Waals surface area (Å²) in [6, 6.07) is 4.14. The molecule has 1 fully saturated rings. The highest BCUT2D eigenvalue weighted by molar-refractivity contribution is 9.11. The second-order valence-electron chi connectivity index (χ2n) is 4.29. The van der Waals surface area contributed by atoms with Crippen LogP contribution < -0.4 is 4.74 Å². The molecule has 1 aliphatic heterocycles. The van der Waals surface area contributed by atoms with Crippen molar-refractivity contribution >= 4 is 47.8 Å². The smallest absolute Gasteiger partial charge is 0.147 e. The zero-order chi connectivity index (χ0) is 13.0. The first kappa shape index (κ1) is 14.8. The van der Waals surface area contributed by atoms with E-state index in [1.54, 1.807) is 0 Å². The molecular formula is C13H15Br3O2. The molecule has 2 nitrogen and oxygen atoms in total. The highest BCUT2D eigenvalue weighted by Gasteiger charge is 2.16. The fourth-order valence-corrected chi connectivity index (χ4v) is 3.83. The van der Waals surface area contributed by atoms with E-state index in [0.717, 1.165) is 39.5 Å². The van der Waals surface area contributed by atoms with Crippen molar-refractivity contribution in [2.75, 3.05) is 13.2 Å². The number of alkyl halides is 1. The van der Waals surface area contributed by atoms with E-state index in [-0.39, 0.29) is 0 Å². The summed E-state index contributed by atoms with van der Waals surface area (Å²) in [5, 5.41) is 0.834. The van der Waals surface area contributed by atoms with Gasteiger partial charge in [-0.05, 0) is 62.4 Å². The van der Waals surface area contributed by atoms with E-state index >= 15 is 0 Å². The van der Waals surface area contributed by atoms with E-state index in [0.29, 0.717) is 12.7 Å². The van der Waals surface area contributed by atoms with Gasteiger partial charge in [0.1, 0.15) is 5.75 Å². The number of halogens is 3. The van der Waals surface area contributed by atoms with Crippen LogP contribution in [0.5, 0.6) is 5.75 Å². The van der Waals surface area contributed by atoms with Gasteiger partial charge in [0.25, 0.3) is 0 Å². The van der Waals surface area contributed by atoms with Crippen LogP contribution in [-0.2, 0) is 10.1 Å². The zero-order valence-electron chi connectivity index (χ0n) is 9.93. The van der Waals surface area contributed by atoms with Gasteiger partial charge in [0, 0.05) is 18.4 Å². The molecule has 0 radical (unpaired) electrons. The van der Waals surface area contributed by atoms with E-state index in [1.807, 2.05) is 0 Å². The lowest BCUT2D eigenvalue weighted by molar-refractivity contribution is 0.0901. The molecule has 2 rings (SSSR count). The van der Waals surface area contributed by atoms with Gasteiger partial charge in [-0.15, -0.1) is 0 Å². The first-order valence-electron chi connectivity index (χ1n) is 5.99. The molecule has 1 unspecified atom stereocenters. The zero-order valence-corrected chi connectivity index (χ0v) is 14.7. The van der Waals surface area contributed by atoms with Crippen LogP contribution in [0.25, 0.3) is 0 Å². The molecule has 0 saturated carbocycles. The van der Waals surface area contributed by atoms with Gasteiger partial charge in [0.2, 0.25) is 0 Å². The fourth-order valence-electron chi connectivity index (χ4n) is 1.99. The highest BCUT2D eigenvalue weighted by Crippen LogP contribution is 2.35. The molecule has 1 aromatic carbocycles. The monoisotopic (exact) mass is 440 g/mol. The third kappa shape index (κ3) is 3.95. The molecule has 0 aromatic heterocycles. The lowest BCUT2D eigenvalue weighted by Crippen LogP contribution is -2.11. The van der Waals surface area contributed by atoms with Gasteiger partial charge in [-0.1, -0.05) is 15.9 Å². The first-order chi connectivity index (χ1) is 8.70. The van der Waals surface area contributed by atoms with Crippen LogP contribution in [0.15, 0.2) is 21.1 Å². The maximum atomic E-state index is 5.84. The van der Waals surface area contributed by atoms with Gasteiger partial charge in [0.05, 0.1) is 21.7 Å². The summed E-state index contributed by atoms with van der Waals surface area (Å²) in [6.45, 7) is 1.59. The van der Waals surface area contributed by atoms with E-state index in [4.69, 9.17) is 9.47 Å².